The van der Waals surface area contributed by atoms with Crippen molar-refractivity contribution in [3.63, 3.8) is 0 Å². The summed E-state index contributed by atoms with van der Waals surface area (Å²) in [5.41, 5.74) is 0. The summed E-state index contributed by atoms with van der Waals surface area (Å²) in [6, 6.07) is 22.4. The van der Waals surface area contributed by atoms with Crippen LogP contribution in [0.25, 0.3) is 21.5 Å². The predicted octanol–water partition coefficient (Wildman–Crippen LogP) is 6.60. The van der Waals surface area contributed by atoms with Crippen molar-refractivity contribution in [2.45, 2.75) is 19.6 Å². The first kappa shape index (κ1) is 20.9. The minimum Gasteiger partial charge on any atom is -0.302 e. The Balaban J connectivity index is 1.59. The molecule has 0 aliphatic rings. The van der Waals surface area contributed by atoms with Crippen molar-refractivity contribution in [2.75, 3.05) is 0 Å². The third-order valence-electron chi connectivity index (χ3n) is 4.28. The predicted molar refractivity (Wildman–Crippen MR) is 125 cm³/mol. The SMILES string of the molecule is O=S(O)c1ccc2cccc(SSSc3cccc4ccc(S(=O)O)cc34)c2c1. The summed E-state index contributed by atoms with van der Waals surface area (Å²) in [6.07, 6.45) is 0. The summed E-state index contributed by atoms with van der Waals surface area (Å²) in [5.74, 6) is 0. The lowest BCUT2D eigenvalue weighted by atomic mass is 10.1. The highest BCUT2D eigenvalue weighted by Gasteiger charge is 2.09. The highest BCUT2D eigenvalue weighted by molar-refractivity contribution is 9.09. The molecular weight excluding hydrogens is 465 g/mol. The third kappa shape index (κ3) is 4.72. The van der Waals surface area contributed by atoms with Crippen LogP contribution in [-0.4, -0.2) is 17.5 Å². The summed E-state index contributed by atoms with van der Waals surface area (Å²) in [7, 11) is 4.72. The second-order valence-electron chi connectivity index (χ2n) is 6.01. The van der Waals surface area contributed by atoms with Crippen LogP contribution in [0.5, 0.6) is 0 Å². The van der Waals surface area contributed by atoms with Gasteiger partial charge in [0.05, 0.1) is 9.79 Å². The maximum absolute atomic E-state index is 11.4. The molecule has 0 fully saturated rings. The van der Waals surface area contributed by atoms with Crippen molar-refractivity contribution < 1.29 is 17.5 Å². The molecule has 2 atom stereocenters. The van der Waals surface area contributed by atoms with E-state index >= 15 is 0 Å². The van der Waals surface area contributed by atoms with Gasteiger partial charge in [-0.2, -0.15) is 0 Å². The van der Waals surface area contributed by atoms with Gasteiger partial charge in [0.25, 0.3) is 0 Å². The summed E-state index contributed by atoms with van der Waals surface area (Å²) in [6.45, 7) is 0. The Morgan fingerprint density at radius 3 is 1.48 bits per heavy atom. The molecule has 4 rings (SSSR count). The van der Waals surface area contributed by atoms with Crippen LogP contribution in [0.3, 0.4) is 0 Å². The van der Waals surface area contributed by atoms with Crippen LogP contribution in [0.1, 0.15) is 0 Å². The molecule has 0 aliphatic carbocycles. The van der Waals surface area contributed by atoms with Gasteiger partial charge >= 0.3 is 0 Å². The van der Waals surface area contributed by atoms with Crippen LogP contribution < -0.4 is 0 Å². The van der Waals surface area contributed by atoms with Gasteiger partial charge in [-0.3, -0.25) is 0 Å². The molecule has 0 radical (unpaired) electrons. The Kier molecular flexibility index (Phi) is 6.65. The van der Waals surface area contributed by atoms with Gasteiger partial charge in [0, 0.05) is 9.79 Å². The van der Waals surface area contributed by atoms with Crippen LogP contribution in [0.15, 0.2) is 92.4 Å². The van der Waals surface area contributed by atoms with E-state index in [1.807, 2.05) is 48.5 Å². The number of hydrogen-bond acceptors (Lipinski definition) is 5. The van der Waals surface area contributed by atoms with Gasteiger partial charge < -0.3 is 9.11 Å². The molecule has 29 heavy (non-hydrogen) atoms. The average molecular weight is 479 g/mol. The quantitative estimate of drug-likeness (QED) is 0.239. The van der Waals surface area contributed by atoms with Gasteiger partial charge in [0.15, 0.2) is 22.2 Å². The Hall–Kier alpha value is -1.33. The average Bonchev–Trinajstić information content (AvgIpc) is 2.73. The normalized spacial score (nSPS) is 13.6. The van der Waals surface area contributed by atoms with Crippen molar-refractivity contribution in [3.05, 3.63) is 72.8 Å². The molecule has 0 saturated heterocycles. The van der Waals surface area contributed by atoms with Crippen molar-refractivity contribution in [1.29, 1.82) is 0 Å². The lowest BCUT2D eigenvalue weighted by Gasteiger charge is -2.08. The first-order valence-corrected chi connectivity index (χ1v) is 14.0. The van der Waals surface area contributed by atoms with E-state index in [9.17, 15) is 17.5 Å². The highest BCUT2D eigenvalue weighted by Crippen LogP contribution is 2.48. The van der Waals surface area contributed by atoms with Crippen LogP contribution in [0, 0.1) is 0 Å². The van der Waals surface area contributed by atoms with E-state index < -0.39 is 22.2 Å². The van der Waals surface area contributed by atoms with Gasteiger partial charge in [-0.15, -0.1) is 0 Å². The van der Waals surface area contributed by atoms with E-state index in [0.717, 1.165) is 31.3 Å². The first-order chi connectivity index (χ1) is 14.0. The molecule has 148 valence electrons. The molecule has 0 bridgehead atoms. The zero-order valence-corrected chi connectivity index (χ0v) is 18.8. The monoisotopic (exact) mass is 478 g/mol. The lowest BCUT2D eigenvalue weighted by Crippen LogP contribution is -1.88. The Morgan fingerprint density at radius 1 is 0.621 bits per heavy atom. The fourth-order valence-electron chi connectivity index (χ4n) is 2.90. The molecule has 0 aromatic heterocycles. The molecule has 4 nitrogen and oxygen atoms in total. The zero-order valence-electron chi connectivity index (χ0n) is 14.7. The van der Waals surface area contributed by atoms with E-state index in [4.69, 9.17) is 0 Å². The Morgan fingerprint density at radius 2 is 1.07 bits per heavy atom. The third-order valence-corrected chi connectivity index (χ3v) is 9.51. The maximum atomic E-state index is 11.4. The summed E-state index contributed by atoms with van der Waals surface area (Å²) in [5, 5.41) is 3.88. The lowest BCUT2D eigenvalue weighted by molar-refractivity contribution is 0.563. The van der Waals surface area contributed by atoms with Gasteiger partial charge in [-0.05, 0) is 89.4 Å². The topological polar surface area (TPSA) is 74.6 Å². The van der Waals surface area contributed by atoms with E-state index in [2.05, 4.69) is 0 Å². The van der Waals surface area contributed by atoms with Gasteiger partial charge in [-0.1, -0.05) is 36.4 Å². The van der Waals surface area contributed by atoms with Crippen LogP contribution in [-0.2, 0) is 22.2 Å². The summed E-state index contributed by atoms with van der Waals surface area (Å²) >= 11 is -4.03. The van der Waals surface area contributed by atoms with Crippen molar-refractivity contribution >= 4 is 75.1 Å². The molecule has 4 aromatic carbocycles. The highest BCUT2D eigenvalue weighted by atomic mass is 33.5. The van der Waals surface area contributed by atoms with Crippen molar-refractivity contribution in [2.24, 2.45) is 0 Å². The molecule has 4 aromatic rings. The van der Waals surface area contributed by atoms with E-state index in [1.54, 1.807) is 55.7 Å². The van der Waals surface area contributed by atoms with Gasteiger partial charge in [0.1, 0.15) is 0 Å². The molecule has 9 heteroatoms. The number of benzene rings is 4. The summed E-state index contributed by atoms with van der Waals surface area (Å²) in [4.78, 5) is 2.76. The zero-order chi connectivity index (χ0) is 20.4. The van der Waals surface area contributed by atoms with Gasteiger partial charge in [-0.25, -0.2) is 8.42 Å². The number of rotatable bonds is 6. The Bertz CT molecular complexity index is 1160. The van der Waals surface area contributed by atoms with Crippen molar-refractivity contribution in [1.82, 2.24) is 0 Å². The smallest absolute Gasteiger partial charge is 0.186 e. The maximum Gasteiger partial charge on any atom is 0.186 e. The molecule has 0 aliphatic heterocycles. The summed E-state index contributed by atoms with van der Waals surface area (Å²) < 4.78 is 41.6. The van der Waals surface area contributed by atoms with Crippen LogP contribution in [0.2, 0.25) is 0 Å². The molecule has 2 N–H and O–H groups in total. The fraction of sp³-hybridized carbons (Fsp3) is 0. The van der Waals surface area contributed by atoms with Crippen LogP contribution in [0.4, 0.5) is 0 Å². The fourth-order valence-corrected chi connectivity index (χ4v) is 7.73. The van der Waals surface area contributed by atoms with E-state index in [0.29, 0.717) is 9.79 Å². The second-order valence-corrected chi connectivity index (χ2v) is 11.9. The number of hydrogen-bond donors (Lipinski definition) is 2. The Labute approximate surface area is 184 Å². The molecule has 2 unspecified atom stereocenters. The standard InChI is InChI=1S/C20H14O4S5/c21-28(22)15-9-7-13-3-1-5-19(17(13)11-15)25-27-26-20-6-2-4-14-8-10-16(29(23)24)12-18(14)20/h1-12H,(H,21,22)(H,23,24). The van der Waals surface area contributed by atoms with E-state index in [-0.39, 0.29) is 0 Å². The van der Waals surface area contributed by atoms with Gasteiger partial charge in [0.2, 0.25) is 0 Å². The number of fused-ring (bicyclic) bond motifs is 2. The minimum absolute atomic E-state index is 0.377. The van der Waals surface area contributed by atoms with Crippen LogP contribution >= 0.6 is 31.4 Å². The molecule has 0 amide bonds. The largest absolute Gasteiger partial charge is 0.302 e. The molecular formula is C20H14O4S5. The molecule has 0 spiro atoms. The second kappa shape index (κ2) is 9.22. The molecule has 0 saturated carbocycles. The first-order valence-electron chi connectivity index (χ1n) is 8.31. The van der Waals surface area contributed by atoms with E-state index in [1.165, 1.54) is 0 Å². The molecule has 0 heterocycles. The minimum atomic E-state index is -2.02. The van der Waals surface area contributed by atoms with Crippen molar-refractivity contribution in [3.8, 4) is 0 Å².